The maximum absolute atomic E-state index is 12.8. The van der Waals surface area contributed by atoms with Gasteiger partial charge in [-0.1, -0.05) is 61.5 Å². The average Bonchev–Trinajstić information content (AvgIpc) is 3.19. The van der Waals surface area contributed by atoms with Gasteiger partial charge in [-0.05, 0) is 24.3 Å². The first-order chi connectivity index (χ1) is 17.4. The van der Waals surface area contributed by atoms with Crippen LogP contribution in [0.2, 0.25) is 0 Å². The SMILES string of the molecule is CCC1(OC(=O)c2ccccc2)O[C@H](COC(=O)C2=C[C][C]C=C2)[C@H](OC(=O)c2ccccc2)[C@H]1O. The van der Waals surface area contributed by atoms with Crippen molar-refractivity contribution >= 4 is 17.9 Å². The van der Waals surface area contributed by atoms with E-state index in [1.54, 1.807) is 67.6 Å². The molecule has 8 heteroatoms. The van der Waals surface area contributed by atoms with Crippen molar-refractivity contribution in [2.45, 2.75) is 37.4 Å². The molecule has 1 saturated heterocycles. The Morgan fingerprint density at radius 3 is 2.17 bits per heavy atom. The van der Waals surface area contributed by atoms with E-state index >= 15 is 0 Å². The maximum atomic E-state index is 12.8. The standard InChI is InChI=1S/C28H24O8/c1-2-28(36-27(32)21-16-10-5-11-17-21)24(29)23(34-26(31)20-14-8-4-9-15-20)22(35-28)18-33-25(30)19-12-6-3-7-13-19/h4-6,8-17,22-24,29H,2,18H2,1H3/t22-,23+,24-,28?/m1/s1. The molecule has 0 bridgehead atoms. The quantitative estimate of drug-likeness (QED) is 0.446. The smallest absolute Gasteiger partial charge is 0.340 e. The van der Waals surface area contributed by atoms with Crippen LogP contribution in [-0.2, 0) is 23.7 Å². The van der Waals surface area contributed by atoms with Gasteiger partial charge in [0.25, 0.3) is 0 Å². The molecule has 0 aromatic heterocycles. The van der Waals surface area contributed by atoms with Crippen LogP contribution in [-0.4, -0.2) is 53.7 Å². The van der Waals surface area contributed by atoms with E-state index < -0.39 is 42.0 Å². The number of carbonyl (C=O) groups is 3. The summed E-state index contributed by atoms with van der Waals surface area (Å²) in [5.41, 5.74) is 0.750. The predicted octanol–water partition coefficient (Wildman–Crippen LogP) is 3.14. The van der Waals surface area contributed by atoms with Crippen molar-refractivity contribution in [3.63, 3.8) is 0 Å². The summed E-state index contributed by atoms with van der Waals surface area (Å²) in [5.74, 6) is -3.93. The lowest BCUT2D eigenvalue weighted by Crippen LogP contribution is -2.47. The third kappa shape index (κ3) is 5.56. The van der Waals surface area contributed by atoms with Crippen molar-refractivity contribution in [2.24, 2.45) is 0 Å². The minimum Gasteiger partial charge on any atom is -0.459 e. The predicted molar refractivity (Wildman–Crippen MR) is 126 cm³/mol. The molecule has 0 spiro atoms. The van der Waals surface area contributed by atoms with Gasteiger partial charge in [-0.25, -0.2) is 14.4 Å². The molecule has 36 heavy (non-hydrogen) atoms. The lowest BCUT2D eigenvalue weighted by Gasteiger charge is -2.30. The van der Waals surface area contributed by atoms with Crippen molar-refractivity contribution in [2.75, 3.05) is 6.61 Å². The number of carbonyl (C=O) groups excluding carboxylic acids is 3. The first kappa shape index (κ1) is 25.3. The largest absolute Gasteiger partial charge is 0.459 e. The topological polar surface area (TPSA) is 108 Å². The summed E-state index contributed by atoms with van der Waals surface area (Å²) in [6, 6.07) is 16.4. The Morgan fingerprint density at radius 2 is 1.58 bits per heavy atom. The van der Waals surface area contributed by atoms with E-state index in [0.717, 1.165) is 0 Å². The minimum atomic E-state index is -1.83. The van der Waals surface area contributed by atoms with Crippen LogP contribution in [0.25, 0.3) is 0 Å². The first-order valence-electron chi connectivity index (χ1n) is 11.4. The second kappa shape index (κ2) is 11.3. The summed E-state index contributed by atoms with van der Waals surface area (Å²) < 4.78 is 22.6. The molecule has 1 fully saturated rings. The molecule has 4 radical (unpaired) electrons. The van der Waals surface area contributed by atoms with E-state index in [-0.39, 0.29) is 29.7 Å². The van der Waals surface area contributed by atoms with Gasteiger partial charge >= 0.3 is 17.9 Å². The summed E-state index contributed by atoms with van der Waals surface area (Å²) in [6.07, 6.45) is 5.88. The second-order valence-electron chi connectivity index (χ2n) is 8.08. The Kier molecular flexibility index (Phi) is 7.97. The zero-order chi connectivity index (χ0) is 25.5. The maximum Gasteiger partial charge on any atom is 0.340 e. The van der Waals surface area contributed by atoms with Crippen molar-refractivity contribution in [3.8, 4) is 0 Å². The molecular weight excluding hydrogens is 464 g/mol. The van der Waals surface area contributed by atoms with Crippen LogP contribution in [0.3, 0.4) is 0 Å². The van der Waals surface area contributed by atoms with Gasteiger partial charge < -0.3 is 24.1 Å². The molecule has 1 aliphatic heterocycles. The molecule has 0 amide bonds. The molecular formula is C28H24O8. The molecule has 1 N–H and O–H groups in total. The van der Waals surface area contributed by atoms with E-state index in [1.807, 2.05) is 0 Å². The highest BCUT2D eigenvalue weighted by Crippen LogP contribution is 2.38. The molecule has 4 rings (SSSR count). The van der Waals surface area contributed by atoms with Crippen LogP contribution in [0.4, 0.5) is 0 Å². The fourth-order valence-corrected chi connectivity index (χ4v) is 3.84. The number of benzene rings is 2. The Labute approximate surface area is 209 Å². The van der Waals surface area contributed by atoms with Gasteiger partial charge in [0, 0.05) is 19.3 Å². The number of aliphatic hydroxyl groups excluding tert-OH is 1. The van der Waals surface area contributed by atoms with E-state index in [1.165, 1.54) is 18.2 Å². The lowest BCUT2D eigenvalue weighted by molar-refractivity contribution is -0.232. The summed E-state index contributed by atoms with van der Waals surface area (Å²) in [5, 5.41) is 11.2. The number of rotatable bonds is 8. The van der Waals surface area contributed by atoms with Gasteiger partial charge in [-0.15, -0.1) is 0 Å². The molecule has 0 saturated carbocycles. The van der Waals surface area contributed by atoms with E-state index in [4.69, 9.17) is 18.9 Å². The van der Waals surface area contributed by atoms with Gasteiger partial charge in [0.15, 0.2) is 12.2 Å². The number of allylic oxidation sites excluding steroid dienone is 2. The van der Waals surface area contributed by atoms with Crippen molar-refractivity contribution in [1.29, 1.82) is 0 Å². The molecule has 1 aliphatic carbocycles. The van der Waals surface area contributed by atoms with E-state index in [0.29, 0.717) is 0 Å². The van der Waals surface area contributed by atoms with Crippen LogP contribution in [0.1, 0.15) is 34.1 Å². The summed E-state index contributed by atoms with van der Waals surface area (Å²) >= 11 is 0. The Hall–Kier alpha value is -3.75. The van der Waals surface area contributed by atoms with Gasteiger partial charge in [0.05, 0.1) is 16.7 Å². The highest BCUT2D eigenvalue weighted by Gasteiger charge is 2.59. The normalized spacial score (nSPS) is 25.1. The third-order valence-corrected chi connectivity index (χ3v) is 5.77. The average molecular weight is 488 g/mol. The molecule has 2 aromatic carbocycles. The van der Waals surface area contributed by atoms with E-state index in [2.05, 4.69) is 12.8 Å². The van der Waals surface area contributed by atoms with E-state index in [9.17, 15) is 19.5 Å². The second-order valence-corrected chi connectivity index (χ2v) is 8.08. The molecule has 4 atom stereocenters. The molecule has 2 aromatic rings. The van der Waals surface area contributed by atoms with Crippen LogP contribution < -0.4 is 0 Å². The number of aliphatic hydroxyl groups is 1. The van der Waals surface area contributed by atoms with Crippen LogP contribution in [0.15, 0.2) is 84.5 Å². The molecule has 1 unspecified atom stereocenters. The van der Waals surface area contributed by atoms with Gasteiger partial charge in [-0.2, -0.15) is 0 Å². The van der Waals surface area contributed by atoms with Gasteiger partial charge in [0.1, 0.15) is 12.7 Å². The summed E-state index contributed by atoms with van der Waals surface area (Å²) in [4.78, 5) is 38.0. The number of hydrogen-bond donors (Lipinski definition) is 1. The van der Waals surface area contributed by atoms with Gasteiger partial charge in [-0.3, -0.25) is 0 Å². The van der Waals surface area contributed by atoms with Crippen LogP contribution >= 0.6 is 0 Å². The molecule has 184 valence electrons. The molecule has 8 nitrogen and oxygen atoms in total. The van der Waals surface area contributed by atoms with Crippen LogP contribution in [0, 0.1) is 12.8 Å². The fourth-order valence-electron chi connectivity index (χ4n) is 3.84. The monoisotopic (exact) mass is 488 g/mol. The first-order valence-corrected chi connectivity index (χ1v) is 11.4. The Balaban J connectivity index is 1.55. The van der Waals surface area contributed by atoms with Crippen molar-refractivity contribution < 1.29 is 38.4 Å². The fraction of sp³-hybridized carbons (Fsp3) is 0.250. The van der Waals surface area contributed by atoms with Crippen molar-refractivity contribution in [1.82, 2.24) is 0 Å². The zero-order valence-electron chi connectivity index (χ0n) is 19.5. The number of ether oxygens (including phenoxy) is 4. The summed E-state index contributed by atoms with van der Waals surface area (Å²) in [6.45, 7) is 1.29. The Morgan fingerprint density at radius 1 is 0.944 bits per heavy atom. The zero-order valence-corrected chi connectivity index (χ0v) is 19.5. The number of esters is 3. The van der Waals surface area contributed by atoms with Crippen molar-refractivity contribution in [3.05, 3.63) is 108 Å². The highest BCUT2D eigenvalue weighted by molar-refractivity contribution is 5.92. The lowest BCUT2D eigenvalue weighted by atomic mass is 10.0. The highest BCUT2D eigenvalue weighted by atomic mass is 16.8. The Bertz CT molecular complexity index is 1140. The third-order valence-electron chi connectivity index (χ3n) is 5.77. The molecule has 2 aliphatic rings. The van der Waals surface area contributed by atoms with Gasteiger partial charge in [0.2, 0.25) is 5.79 Å². The minimum absolute atomic E-state index is 0.0417. The van der Waals surface area contributed by atoms with Crippen LogP contribution in [0.5, 0.6) is 0 Å². The summed E-state index contributed by atoms with van der Waals surface area (Å²) in [7, 11) is 0. The molecule has 1 heterocycles. The number of hydrogen-bond acceptors (Lipinski definition) is 8.